The lowest BCUT2D eigenvalue weighted by molar-refractivity contribution is -0.152. The third-order valence-electron chi connectivity index (χ3n) is 4.52. The first-order valence-electron chi connectivity index (χ1n) is 6.93. The van der Waals surface area contributed by atoms with Crippen LogP contribution >= 0.6 is 11.8 Å². The van der Waals surface area contributed by atoms with E-state index in [1.165, 1.54) is 11.8 Å². The van der Waals surface area contributed by atoms with Crippen LogP contribution in [0.15, 0.2) is 0 Å². The van der Waals surface area contributed by atoms with Crippen LogP contribution in [0.25, 0.3) is 0 Å². The molecule has 2 bridgehead atoms. The molecule has 6 nitrogen and oxygen atoms in total. The lowest BCUT2D eigenvalue weighted by atomic mass is 10.1. The van der Waals surface area contributed by atoms with Crippen LogP contribution in [-0.2, 0) is 14.4 Å². The molecule has 2 amide bonds. The van der Waals surface area contributed by atoms with Gasteiger partial charge in [0.2, 0.25) is 11.8 Å². The van der Waals surface area contributed by atoms with Gasteiger partial charge >= 0.3 is 5.97 Å². The third-order valence-corrected chi connectivity index (χ3v) is 5.91. The molecule has 0 radical (unpaired) electrons. The van der Waals surface area contributed by atoms with Gasteiger partial charge in [-0.2, -0.15) is 11.8 Å². The van der Waals surface area contributed by atoms with Crippen molar-refractivity contribution < 1.29 is 19.5 Å². The maximum Gasteiger partial charge on any atom is 0.326 e. The Kier molecular flexibility index (Phi) is 3.40. The highest BCUT2D eigenvalue weighted by atomic mass is 32.2. The smallest absolute Gasteiger partial charge is 0.326 e. The van der Waals surface area contributed by atoms with Crippen molar-refractivity contribution in [2.75, 3.05) is 12.3 Å². The normalized spacial score (nSPS) is 36.5. The molecule has 0 saturated carbocycles. The van der Waals surface area contributed by atoms with Gasteiger partial charge in [-0.3, -0.25) is 9.59 Å². The number of carboxylic acid groups (broad SMARTS) is 1. The summed E-state index contributed by atoms with van der Waals surface area (Å²) in [5.41, 5.74) is 0. The fraction of sp³-hybridized carbons (Fsp3) is 0.769. The van der Waals surface area contributed by atoms with Gasteiger partial charge in [0.15, 0.2) is 0 Å². The average molecular weight is 298 g/mol. The predicted molar refractivity (Wildman–Crippen MR) is 73.3 cm³/mol. The van der Waals surface area contributed by atoms with Crippen molar-refractivity contribution in [3.63, 3.8) is 0 Å². The molecule has 0 spiro atoms. The molecule has 3 saturated heterocycles. The van der Waals surface area contributed by atoms with Crippen molar-refractivity contribution in [3.8, 4) is 0 Å². The van der Waals surface area contributed by atoms with Crippen LogP contribution in [0.5, 0.6) is 0 Å². The highest BCUT2D eigenvalue weighted by molar-refractivity contribution is 8.00. The van der Waals surface area contributed by atoms with Crippen LogP contribution in [0.3, 0.4) is 0 Å². The molecule has 3 aliphatic rings. The van der Waals surface area contributed by atoms with E-state index in [9.17, 15) is 19.5 Å². The second kappa shape index (κ2) is 4.95. The largest absolute Gasteiger partial charge is 0.480 e. The Morgan fingerprint density at radius 1 is 1.35 bits per heavy atom. The van der Waals surface area contributed by atoms with Gasteiger partial charge in [0, 0.05) is 30.5 Å². The Bertz CT molecular complexity index is 457. The highest BCUT2D eigenvalue weighted by Gasteiger charge is 2.49. The molecule has 0 aliphatic carbocycles. The first-order valence-corrected chi connectivity index (χ1v) is 7.97. The molecule has 3 heterocycles. The van der Waals surface area contributed by atoms with E-state index in [2.05, 4.69) is 0 Å². The van der Waals surface area contributed by atoms with E-state index in [0.29, 0.717) is 24.6 Å². The number of likely N-dealkylation sites (tertiary alicyclic amines) is 1. The van der Waals surface area contributed by atoms with Crippen molar-refractivity contribution in [1.29, 1.82) is 0 Å². The number of nitrogens with zero attached hydrogens (tertiary/aromatic N) is 2. The van der Waals surface area contributed by atoms with E-state index in [1.54, 1.807) is 16.7 Å². The topological polar surface area (TPSA) is 77.9 Å². The van der Waals surface area contributed by atoms with Crippen molar-refractivity contribution in [2.45, 2.75) is 49.6 Å². The lowest BCUT2D eigenvalue weighted by Crippen LogP contribution is -2.53. The molecule has 0 aromatic heterocycles. The van der Waals surface area contributed by atoms with Gasteiger partial charge in [0.25, 0.3) is 0 Å². The first-order chi connectivity index (χ1) is 9.49. The summed E-state index contributed by atoms with van der Waals surface area (Å²) < 4.78 is 0. The van der Waals surface area contributed by atoms with E-state index < -0.39 is 18.1 Å². The van der Waals surface area contributed by atoms with Crippen LogP contribution in [0, 0.1) is 0 Å². The summed E-state index contributed by atoms with van der Waals surface area (Å²) in [5.74, 6) is -0.428. The number of hydrogen-bond acceptors (Lipinski definition) is 4. The zero-order chi connectivity index (χ0) is 14.4. The van der Waals surface area contributed by atoms with Crippen molar-refractivity contribution >= 4 is 29.5 Å². The predicted octanol–water partition coefficient (Wildman–Crippen LogP) is 0.167. The SMILES string of the molecule is CC(=O)N1C[C@@H]2C[C@H]1C(=O)N1[C@H](CC[C@@H]1C(=O)O)CS2. The monoisotopic (exact) mass is 298 g/mol. The number of aliphatic carboxylic acids is 1. The van der Waals surface area contributed by atoms with Crippen LogP contribution < -0.4 is 0 Å². The molecule has 7 heteroatoms. The van der Waals surface area contributed by atoms with Crippen molar-refractivity contribution in [1.82, 2.24) is 9.80 Å². The summed E-state index contributed by atoms with van der Waals surface area (Å²) in [6.45, 7) is 2.08. The summed E-state index contributed by atoms with van der Waals surface area (Å²) in [5, 5.41) is 9.60. The molecule has 0 unspecified atom stereocenters. The molecular formula is C13H18N2O4S. The molecule has 3 fully saturated rings. The van der Waals surface area contributed by atoms with Crippen LogP contribution in [0.2, 0.25) is 0 Å². The second-order valence-electron chi connectivity index (χ2n) is 5.71. The van der Waals surface area contributed by atoms with E-state index >= 15 is 0 Å². The maximum absolute atomic E-state index is 12.7. The quantitative estimate of drug-likeness (QED) is 0.746. The Morgan fingerprint density at radius 3 is 2.75 bits per heavy atom. The summed E-state index contributed by atoms with van der Waals surface area (Å²) in [6.07, 6.45) is 1.91. The van der Waals surface area contributed by atoms with Crippen LogP contribution in [0.4, 0.5) is 0 Å². The Labute approximate surface area is 121 Å². The maximum atomic E-state index is 12.7. The zero-order valence-electron chi connectivity index (χ0n) is 11.3. The minimum absolute atomic E-state index is 0.00538. The number of amides is 2. The number of hydrogen-bond donors (Lipinski definition) is 1. The molecule has 3 rings (SSSR count). The van der Waals surface area contributed by atoms with Crippen LogP contribution in [0.1, 0.15) is 26.2 Å². The molecular weight excluding hydrogens is 280 g/mol. The molecule has 20 heavy (non-hydrogen) atoms. The van der Waals surface area contributed by atoms with Crippen LogP contribution in [-0.4, -0.2) is 68.4 Å². The molecule has 3 aliphatic heterocycles. The second-order valence-corrected chi connectivity index (χ2v) is 7.04. The fourth-order valence-electron chi connectivity index (χ4n) is 3.54. The minimum Gasteiger partial charge on any atom is -0.480 e. The molecule has 1 N–H and O–H groups in total. The van der Waals surface area contributed by atoms with Gasteiger partial charge in [-0.1, -0.05) is 0 Å². The van der Waals surface area contributed by atoms with Gasteiger partial charge in [-0.15, -0.1) is 0 Å². The first kappa shape index (κ1) is 13.7. The third kappa shape index (κ3) is 2.08. The number of fused-ring (bicyclic) bond motifs is 3. The van der Waals surface area contributed by atoms with Gasteiger partial charge in [0.1, 0.15) is 12.1 Å². The molecule has 4 atom stereocenters. The van der Waals surface area contributed by atoms with Crippen molar-refractivity contribution in [3.05, 3.63) is 0 Å². The standard InChI is InChI=1S/C13H18N2O4S/c1-7(16)14-5-9-4-11(14)12(17)15-8(6-20-9)2-3-10(15)13(18)19/h8-11H,2-6H2,1H3,(H,18,19)/t8-,9+,10-,11+/m1/s1. The highest BCUT2D eigenvalue weighted by Crippen LogP contribution is 2.37. The molecule has 0 aromatic rings. The number of carbonyl (C=O) groups excluding carboxylic acids is 2. The summed E-state index contributed by atoms with van der Waals surface area (Å²) >= 11 is 1.77. The zero-order valence-corrected chi connectivity index (χ0v) is 12.1. The van der Waals surface area contributed by atoms with E-state index in [0.717, 1.165) is 12.2 Å². The number of carboxylic acids is 1. The lowest BCUT2D eigenvalue weighted by Gasteiger charge is -2.34. The Hall–Kier alpha value is -1.24. The molecule has 110 valence electrons. The van der Waals surface area contributed by atoms with E-state index in [4.69, 9.17) is 0 Å². The summed E-state index contributed by atoms with van der Waals surface area (Å²) in [6, 6.07) is -1.18. The van der Waals surface area contributed by atoms with Crippen molar-refractivity contribution in [2.24, 2.45) is 0 Å². The number of rotatable bonds is 1. The van der Waals surface area contributed by atoms with E-state index in [1.807, 2.05) is 0 Å². The summed E-state index contributed by atoms with van der Waals surface area (Å²) in [4.78, 5) is 38.9. The number of carbonyl (C=O) groups is 3. The van der Waals surface area contributed by atoms with E-state index in [-0.39, 0.29) is 17.9 Å². The summed E-state index contributed by atoms with van der Waals surface area (Å²) in [7, 11) is 0. The van der Waals surface area contributed by atoms with Gasteiger partial charge in [0.05, 0.1) is 0 Å². The number of thioether (sulfide) groups is 1. The fourth-order valence-corrected chi connectivity index (χ4v) is 4.95. The van der Waals surface area contributed by atoms with Gasteiger partial charge in [-0.25, -0.2) is 4.79 Å². The Balaban J connectivity index is 1.91. The van der Waals surface area contributed by atoms with Gasteiger partial charge in [-0.05, 0) is 19.3 Å². The Morgan fingerprint density at radius 2 is 2.10 bits per heavy atom. The molecule has 0 aromatic carbocycles. The minimum atomic E-state index is -0.935. The van der Waals surface area contributed by atoms with Gasteiger partial charge < -0.3 is 14.9 Å². The average Bonchev–Trinajstić information content (AvgIpc) is 2.98.